The lowest BCUT2D eigenvalue weighted by molar-refractivity contribution is -0.143. The molecule has 0 saturated carbocycles. The summed E-state index contributed by atoms with van der Waals surface area (Å²) in [6.45, 7) is 0. The van der Waals surface area contributed by atoms with Crippen LogP contribution >= 0.6 is 11.6 Å². The number of rotatable bonds is 5. The van der Waals surface area contributed by atoms with Crippen LogP contribution in [-0.4, -0.2) is 25.7 Å². The molecule has 0 saturated heterocycles. The molecular weight excluding hydrogens is 499 g/mol. The average molecular weight is 511 g/mol. The SMILES string of the molecule is Nc1nccc(Oc2ccc(NC(=O)c3cnn(-c4ncccc4F)c3C(F)(F)F)cc2F)c1Cl. The van der Waals surface area contributed by atoms with Gasteiger partial charge in [-0.25, -0.2) is 23.4 Å². The molecule has 0 aliphatic carbocycles. The third-order valence-electron chi connectivity index (χ3n) is 4.51. The number of anilines is 2. The molecule has 0 atom stereocenters. The molecule has 0 spiro atoms. The number of ether oxygens (including phenoxy) is 1. The van der Waals surface area contributed by atoms with Crippen molar-refractivity contribution in [3.63, 3.8) is 0 Å². The summed E-state index contributed by atoms with van der Waals surface area (Å²) in [4.78, 5) is 19.9. The fourth-order valence-corrected chi connectivity index (χ4v) is 3.13. The molecule has 35 heavy (non-hydrogen) atoms. The maximum atomic E-state index is 14.5. The van der Waals surface area contributed by atoms with E-state index in [9.17, 15) is 26.7 Å². The lowest BCUT2D eigenvalue weighted by atomic mass is 10.2. The normalized spacial score (nSPS) is 11.4. The second-order valence-corrected chi connectivity index (χ2v) is 7.21. The molecule has 180 valence electrons. The number of hydrogen-bond donors (Lipinski definition) is 2. The summed E-state index contributed by atoms with van der Waals surface area (Å²) in [5, 5.41) is 5.58. The third kappa shape index (κ3) is 4.84. The Morgan fingerprint density at radius 2 is 1.83 bits per heavy atom. The highest BCUT2D eigenvalue weighted by atomic mass is 35.5. The van der Waals surface area contributed by atoms with Crippen molar-refractivity contribution in [2.75, 3.05) is 11.1 Å². The Morgan fingerprint density at radius 3 is 2.51 bits per heavy atom. The number of alkyl halides is 3. The zero-order valence-electron chi connectivity index (χ0n) is 17.1. The Morgan fingerprint density at radius 1 is 1.06 bits per heavy atom. The molecule has 0 aliphatic rings. The fourth-order valence-electron chi connectivity index (χ4n) is 2.98. The number of nitrogen functional groups attached to an aromatic ring is 1. The molecule has 3 N–H and O–H groups in total. The van der Waals surface area contributed by atoms with Crippen LogP contribution in [0.15, 0.2) is 55.0 Å². The summed E-state index contributed by atoms with van der Waals surface area (Å²) in [6, 6.07) is 6.54. The predicted octanol–water partition coefficient (Wildman–Crippen LogP) is 5.24. The molecule has 3 heterocycles. The summed E-state index contributed by atoms with van der Waals surface area (Å²) < 4.78 is 75.3. The summed E-state index contributed by atoms with van der Waals surface area (Å²) in [7, 11) is 0. The van der Waals surface area contributed by atoms with E-state index in [4.69, 9.17) is 22.1 Å². The van der Waals surface area contributed by atoms with Gasteiger partial charge in [-0.2, -0.15) is 18.3 Å². The van der Waals surface area contributed by atoms with Crippen molar-refractivity contribution in [2.24, 2.45) is 0 Å². The number of aromatic nitrogens is 4. The maximum Gasteiger partial charge on any atom is 0.434 e. The Balaban J connectivity index is 1.61. The van der Waals surface area contributed by atoms with E-state index in [1.54, 1.807) is 0 Å². The highest BCUT2D eigenvalue weighted by Crippen LogP contribution is 2.35. The van der Waals surface area contributed by atoms with Gasteiger partial charge in [0.25, 0.3) is 5.91 Å². The average Bonchev–Trinajstić information content (AvgIpc) is 3.25. The van der Waals surface area contributed by atoms with Gasteiger partial charge >= 0.3 is 6.18 Å². The Bertz CT molecular complexity index is 1430. The second-order valence-electron chi connectivity index (χ2n) is 6.83. The predicted molar refractivity (Wildman–Crippen MR) is 114 cm³/mol. The molecule has 0 fully saturated rings. The number of nitrogens with two attached hydrogens (primary N) is 1. The molecule has 14 heteroatoms. The van der Waals surface area contributed by atoms with Crippen molar-refractivity contribution in [1.29, 1.82) is 0 Å². The van der Waals surface area contributed by atoms with E-state index in [1.807, 2.05) is 0 Å². The summed E-state index contributed by atoms with van der Waals surface area (Å²) in [5.74, 6) is -4.39. The van der Waals surface area contributed by atoms with Crippen molar-refractivity contribution in [1.82, 2.24) is 19.7 Å². The first-order valence-corrected chi connectivity index (χ1v) is 9.89. The third-order valence-corrected chi connectivity index (χ3v) is 4.89. The van der Waals surface area contributed by atoms with Gasteiger partial charge in [0.15, 0.2) is 34.6 Å². The van der Waals surface area contributed by atoms with E-state index in [-0.39, 0.29) is 32.7 Å². The smallest absolute Gasteiger partial charge is 0.434 e. The van der Waals surface area contributed by atoms with Gasteiger partial charge < -0.3 is 15.8 Å². The molecule has 1 amide bonds. The molecule has 8 nitrogen and oxygen atoms in total. The van der Waals surface area contributed by atoms with Crippen molar-refractivity contribution in [3.05, 3.63) is 82.9 Å². The lowest BCUT2D eigenvalue weighted by Crippen LogP contribution is -2.21. The minimum absolute atomic E-state index is 0.0128. The first kappa shape index (κ1) is 23.9. The number of amides is 1. The summed E-state index contributed by atoms with van der Waals surface area (Å²) in [6.07, 6.45) is -2.13. The van der Waals surface area contributed by atoms with E-state index in [0.717, 1.165) is 24.4 Å². The van der Waals surface area contributed by atoms with Gasteiger partial charge in [-0.15, -0.1) is 0 Å². The van der Waals surface area contributed by atoms with Crippen LogP contribution in [0.2, 0.25) is 5.02 Å². The van der Waals surface area contributed by atoms with E-state index in [1.165, 1.54) is 24.4 Å². The largest absolute Gasteiger partial charge is 0.453 e. The summed E-state index contributed by atoms with van der Waals surface area (Å²) in [5.41, 5.74) is 2.88. The van der Waals surface area contributed by atoms with Crippen LogP contribution in [0.1, 0.15) is 16.1 Å². The lowest BCUT2D eigenvalue weighted by Gasteiger charge is -2.13. The van der Waals surface area contributed by atoms with E-state index >= 15 is 0 Å². The number of nitrogens with zero attached hydrogens (tertiary/aromatic N) is 4. The number of pyridine rings is 2. The first-order valence-electron chi connectivity index (χ1n) is 9.51. The molecular formula is C21H12ClF5N6O2. The van der Waals surface area contributed by atoms with Gasteiger partial charge in [0.2, 0.25) is 0 Å². The Labute approximate surface area is 198 Å². The zero-order chi connectivity index (χ0) is 25.3. The van der Waals surface area contributed by atoms with E-state index < -0.39 is 40.8 Å². The second kappa shape index (κ2) is 9.18. The number of halogens is 6. The summed E-state index contributed by atoms with van der Waals surface area (Å²) >= 11 is 5.95. The van der Waals surface area contributed by atoms with Crippen LogP contribution in [-0.2, 0) is 6.18 Å². The molecule has 4 rings (SSSR count). The minimum Gasteiger partial charge on any atom is -0.453 e. The highest BCUT2D eigenvalue weighted by Gasteiger charge is 2.41. The topological polar surface area (TPSA) is 108 Å². The standard InChI is InChI=1S/C21H12ClF5N6O2/c22-16-15(5-7-29-18(16)28)35-14-4-3-10(8-13(14)24)32-20(34)11-9-31-33(17(11)21(25,26)27)19-12(23)2-1-6-30-19/h1-9H,(H2,28,29)(H,32,34). The molecule has 3 aromatic heterocycles. The molecule has 0 radical (unpaired) electrons. The van der Waals surface area contributed by atoms with Crippen LogP contribution in [0.3, 0.4) is 0 Å². The van der Waals surface area contributed by atoms with Crippen molar-refractivity contribution in [3.8, 4) is 17.3 Å². The molecule has 4 aromatic rings. The first-order chi connectivity index (χ1) is 16.6. The van der Waals surface area contributed by atoms with Gasteiger partial charge in [-0.1, -0.05) is 11.6 Å². The van der Waals surface area contributed by atoms with Crippen LogP contribution in [0, 0.1) is 11.6 Å². The molecule has 0 bridgehead atoms. The van der Waals surface area contributed by atoms with Crippen molar-refractivity contribution < 1.29 is 31.5 Å². The number of carbonyl (C=O) groups is 1. The fraction of sp³-hybridized carbons (Fsp3) is 0.0476. The monoisotopic (exact) mass is 510 g/mol. The van der Waals surface area contributed by atoms with Crippen molar-refractivity contribution in [2.45, 2.75) is 6.18 Å². The number of nitrogens with one attached hydrogen (secondary N) is 1. The number of benzene rings is 1. The number of hydrogen-bond acceptors (Lipinski definition) is 6. The van der Waals surface area contributed by atoms with Crippen LogP contribution in [0.25, 0.3) is 5.82 Å². The zero-order valence-corrected chi connectivity index (χ0v) is 17.9. The Hall–Kier alpha value is -4.26. The van der Waals surface area contributed by atoms with Gasteiger partial charge in [0.05, 0.1) is 11.8 Å². The van der Waals surface area contributed by atoms with Crippen molar-refractivity contribution >= 4 is 29.0 Å². The van der Waals surface area contributed by atoms with E-state index in [2.05, 4.69) is 20.4 Å². The van der Waals surface area contributed by atoms with Crippen LogP contribution in [0.5, 0.6) is 11.5 Å². The van der Waals surface area contributed by atoms with Gasteiger partial charge in [-0.05, 0) is 24.3 Å². The highest BCUT2D eigenvalue weighted by molar-refractivity contribution is 6.34. The number of carbonyl (C=O) groups excluding carboxylic acids is 1. The maximum absolute atomic E-state index is 14.5. The molecule has 0 unspecified atom stereocenters. The minimum atomic E-state index is -5.10. The molecule has 0 aliphatic heterocycles. The quantitative estimate of drug-likeness (QED) is 0.356. The van der Waals surface area contributed by atoms with E-state index in [0.29, 0.717) is 6.20 Å². The molecule has 1 aromatic carbocycles. The van der Waals surface area contributed by atoms with Crippen LogP contribution < -0.4 is 15.8 Å². The van der Waals surface area contributed by atoms with Gasteiger partial charge in [-0.3, -0.25) is 4.79 Å². The van der Waals surface area contributed by atoms with Crippen LogP contribution in [0.4, 0.5) is 33.5 Å². The van der Waals surface area contributed by atoms with Gasteiger partial charge in [0, 0.05) is 30.2 Å². The van der Waals surface area contributed by atoms with Gasteiger partial charge in [0.1, 0.15) is 10.8 Å². The Kier molecular flexibility index (Phi) is 6.26.